The molecule has 0 radical (unpaired) electrons. The number of carbonyl (C=O) groups is 10. The number of benzene rings is 4. The summed E-state index contributed by atoms with van der Waals surface area (Å²) in [6.07, 6.45) is 2.22. The number of aromatic nitrogens is 3. The first-order chi connectivity index (χ1) is 69.5. The van der Waals surface area contributed by atoms with Crippen LogP contribution in [-0.2, 0) is 97.1 Å². The SMILES string of the molecule is CC[C@@H](C)[C@H]([C@H](CC(=O)N1CCC[C@@H]1[C@@H](OC)[C@H](C)C(=O)N[C@@H](C)[C@H](O)c1ccccc1)OC)N(C)C(=O)C(NC(=O)[C@@H](C(C)C)N(C)C(=O)OCc1ccc(NC(=O)[C@H](CCCNC(N)=O)NC(=O)[C@@H](NC(=O)CCOCCOCCOCCOCCOCCOCCOCCOCCC(=O)NCCNc2ncc(-c3cc(C)cc(F)c3)c(N3CCC(N)CC3)c2-c2nc3ccc(Cl)cc3[nH]2)C(C)C)cc1)C(C)C. The number of anilines is 3. The van der Waals surface area contributed by atoms with E-state index < -0.39 is 126 Å². The fourth-order valence-electron chi connectivity index (χ4n) is 17.6. The number of aromatic amines is 1. The zero-order chi connectivity index (χ0) is 106. The van der Waals surface area contributed by atoms with Crippen molar-refractivity contribution in [3.05, 3.63) is 125 Å². The van der Waals surface area contributed by atoms with Crippen molar-refractivity contribution in [3.63, 3.8) is 0 Å². The molecule has 6 aromatic rings. The van der Waals surface area contributed by atoms with E-state index in [0.29, 0.717) is 176 Å². The molecule has 14 N–H and O–H groups in total. The van der Waals surface area contributed by atoms with Crippen molar-refractivity contribution in [1.82, 2.24) is 61.6 Å². The van der Waals surface area contributed by atoms with Crippen LogP contribution in [0.4, 0.5) is 31.2 Å². The molecule has 11 amide bonds. The number of imidazole rings is 1. The summed E-state index contributed by atoms with van der Waals surface area (Å²) in [5.41, 5.74) is 18.4. The van der Waals surface area contributed by atoms with Crippen LogP contribution in [0.5, 0.6) is 0 Å². The average molecular weight is 2050 g/mol. The van der Waals surface area contributed by atoms with E-state index in [1.165, 1.54) is 38.3 Å². The molecular weight excluding hydrogens is 1890 g/mol. The minimum atomic E-state index is -1.14. The molecule has 41 heteroatoms. The smallest absolute Gasteiger partial charge is 0.410 e. The van der Waals surface area contributed by atoms with Crippen molar-refractivity contribution in [2.24, 2.45) is 41.1 Å². The fourth-order valence-corrected chi connectivity index (χ4v) is 17.8. The van der Waals surface area contributed by atoms with Gasteiger partial charge in [-0.15, -0.1) is 0 Å². The summed E-state index contributed by atoms with van der Waals surface area (Å²) in [7, 11) is 6.08. The molecule has 4 aromatic carbocycles. The highest BCUT2D eigenvalue weighted by molar-refractivity contribution is 6.31. The Labute approximate surface area is 856 Å². The molecule has 2 aromatic heterocycles. The molecule has 2 aliphatic heterocycles. The molecular formula is C104H157ClFN17O22. The fraction of sp³-hybridized carbons (Fsp3) is 0.615. The standard InChI is InChI=1S/C104H157ClFN17O22/c1-16-69(9)92(84(135-14)62-87(126)123-39-21-25-83(123)95(136-15)70(10)98(128)113-71(11)94(127)73-22-18-17-19-23-73)120(12)102(132)90(66(4)5)119-101(131)91(67(6)7)121(13)104(134)145-64-72-26-29-78(30-27-72)114-99(129)81(24-20-36-111-103(108)133)117-100(130)89(65(2)3)118-86(125)35-43-138-45-47-140-49-51-142-53-55-144-57-56-143-54-52-141-50-48-139-46-44-137-42-34-85(124)109-37-38-110-96-88(97-115-80-31-28-75(105)61-82(80)116-97)93(122-40-32-77(107)33-41-122)79(63-112-96)74-58-68(8)59-76(106)60-74/h17-19,22-23,26-31,58-61,63,65-67,69-71,77,81,83-84,89-92,94-95,127H,16,20-21,24-25,32-57,62,64,107H2,1-15H3,(H,109,124)(H,110,112)(H,113,128)(H,114,129)(H,115,116)(H,117,130)(H,118,125)(H,119,131)(H3,108,111,133)/t69-,70+,71+,81+,83-,84+,89+,90?,91-,92-,94+,95+/m1/s1. The Morgan fingerprint density at radius 2 is 1.22 bits per heavy atom. The number of hydrogen-bond donors (Lipinski definition) is 12. The zero-order valence-corrected chi connectivity index (χ0v) is 87.7. The number of rotatable bonds is 66. The van der Waals surface area contributed by atoms with Crippen molar-refractivity contribution in [3.8, 4) is 22.5 Å². The Kier molecular flexibility index (Phi) is 51.8. The maximum atomic E-state index is 15.0. The highest BCUT2D eigenvalue weighted by Gasteiger charge is 2.45. The van der Waals surface area contributed by atoms with Crippen LogP contribution in [0.2, 0.25) is 5.02 Å². The maximum Gasteiger partial charge on any atom is 0.410 e. The van der Waals surface area contributed by atoms with E-state index in [1.807, 2.05) is 57.2 Å². The van der Waals surface area contributed by atoms with Gasteiger partial charge >= 0.3 is 12.1 Å². The van der Waals surface area contributed by atoms with Crippen LogP contribution in [0.3, 0.4) is 0 Å². The molecule has 0 spiro atoms. The van der Waals surface area contributed by atoms with Crippen LogP contribution >= 0.6 is 11.6 Å². The second-order valence-electron chi connectivity index (χ2n) is 37.8. The second-order valence-corrected chi connectivity index (χ2v) is 38.2. The van der Waals surface area contributed by atoms with Crippen LogP contribution in [0.15, 0.2) is 97.2 Å². The van der Waals surface area contributed by atoms with E-state index in [4.69, 9.17) is 85.1 Å². The average Bonchev–Trinajstić information content (AvgIpc) is 1.74. The number of piperidine rings is 1. The van der Waals surface area contributed by atoms with Crippen molar-refractivity contribution in [2.75, 3.05) is 189 Å². The molecule has 2 aliphatic rings. The molecule has 1 unspecified atom stereocenters. The van der Waals surface area contributed by atoms with Gasteiger partial charge in [0, 0.05) is 109 Å². The molecule has 0 bridgehead atoms. The third kappa shape index (κ3) is 38.7. The summed E-state index contributed by atoms with van der Waals surface area (Å²) in [6.45, 7) is 27.1. The number of nitrogens with two attached hydrogens (primary N) is 2. The molecule has 0 saturated carbocycles. The number of nitrogens with zero attached hydrogens (tertiary/aromatic N) is 6. The maximum absolute atomic E-state index is 15.0. The number of fused-ring (bicyclic) bond motifs is 1. The Morgan fingerprint density at radius 1 is 0.628 bits per heavy atom. The van der Waals surface area contributed by atoms with Crippen molar-refractivity contribution < 1.29 is 110 Å². The summed E-state index contributed by atoms with van der Waals surface area (Å²) in [6, 6.07) is 19.1. The van der Waals surface area contributed by atoms with Gasteiger partial charge in [0.25, 0.3) is 0 Å². The van der Waals surface area contributed by atoms with Gasteiger partial charge in [-0.05, 0) is 141 Å². The summed E-state index contributed by atoms with van der Waals surface area (Å²) in [5.74, 6) is -4.89. The lowest BCUT2D eigenvalue weighted by atomic mass is 9.89. The number of likely N-dealkylation sites (tertiary alicyclic amines) is 1. The minimum absolute atomic E-state index is 0.0379. The third-order valence-corrected chi connectivity index (χ3v) is 26.0. The van der Waals surface area contributed by atoms with Crippen molar-refractivity contribution in [2.45, 2.75) is 214 Å². The van der Waals surface area contributed by atoms with Gasteiger partial charge in [-0.25, -0.2) is 23.9 Å². The number of H-pyrrole nitrogens is 1. The molecule has 2 saturated heterocycles. The van der Waals surface area contributed by atoms with Gasteiger partial charge in [0.05, 0.1) is 177 Å². The number of carbonyl (C=O) groups excluding carboxylic acids is 10. The molecule has 8 rings (SSSR count). The Morgan fingerprint density at radius 3 is 1.78 bits per heavy atom. The minimum Gasteiger partial charge on any atom is -0.445 e. The van der Waals surface area contributed by atoms with Gasteiger partial charge in [-0.2, -0.15) is 0 Å². The number of pyridine rings is 1. The number of likely N-dealkylation sites (N-methyl/N-ethyl adjacent to an activating group) is 2. The van der Waals surface area contributed by atoms with Gasteiger partial charge in [0.2, 0.25) is 47.3 Å². The van der Waals surface area contributed by atoms with Gasteiger partial charge in [0.15, 0.2) is 0 Å². The first kappa shape index (κ1) is 119. The summed E-state index contributed by atoms with van der Waals surface area (Å²) < 4.78 is 77.7. The number of halogens is 2. The van der Waals surface area contributed by atoms with Crippen LogP contribution < -0.4 is 58.9 Å². The first-order valence-corrected chi connectivity index (χ1v) is 50.9. The van der Waals surface area contributed by atoms with Crippen molar-refractivity contribution >= 4 is 99.2 Å². The number of aliphatic hydroxyl groups excluding tert-OH is 1. The van der Waals surface area contributed by atoms with E-state index in [9.17, 15) is 57.4 Å². The quantitative estimate of drug-likeness (QED) is 0.0158. The van der Waals surface area contributed by atoms with Gasteiger partial charge < -0.3 is 131 Å². The van der Waals surface area contributed by atoms with Crippen LogP contribution in [-0.4, -0.2) is 328 Å². The highest BCUT2D eigenvalue weighted by atomic mass is 35.5. The molecule has 0 aliphatic carbocycles. The number of primary amides is 1. The second kappa shape index (κ2) is 63.0. The lowest BCUT2D eigenvalue weighted by molar-refractivity contribution is -0.148. The van der Waals surface area contributed by atoms with E-state index >= 15 is 0 Å². The van der Waals surface area contributed by atoms with Gasteiger partial charge in [0.1, 0.15) is 48.2 Å². The third-order valence-electron chi connectivity index (χ3n) is 25.8. The molecule has 39 nitrogen and oxygen atoms in total. The number of nitrogens with one attached hydrogen (secondary N) is 9. The van der Waals surface area contributed by atoms with E-state index in [2.05, 4.69) is 52.4 Å². The zero-order valence-electron chi connectivity index (χ0n) is 86.9. The van der Waals surface area contributed by atoms with E-state index in [1.54, 1.807) is 121 Å². The summed E-state index contributed by atoms with van der Waals surface area (Å²) >= 11 is 6.38. The van der Waals surface area contributed by atoms with Crippen molar-refractivity contribution in [1.29, 1.82) is 0 Å². The number of ether oxygens (including phenoxy) is 11. The topological polar surface area (TPSA) is 495 Å². The lowest BCUT2D eigenvalue weighted by Crippen LogP contribution is -2.60. The van der Waals surface area contributed by atoms with Crippen LogP contribution in [0.25, 0.3) is 33.5 Å². The number of aryl methyl sites for hydroxylation is 1. The molecule has 4 heterocycles. The first-order valence-electron chi connectivity index (χ1n) is 50.5. The molecule has 2 fully saturated rings. The van der Waals surface area contributed by atoms with E-state index in [0.717, 1.165) is 40.7 Å². The van der Waals surface area contributed by atoms with Crippen LogP contribution in [0, 0.1) is 42.3 Å². The largest absolute Gasteiger partial charge is 0.445 e. The monoisotopic (exact) mass is 2050 g/mol. The molecule has 145 heavy (non-hydrogen) atoms. The van der Waals surface area contributed by atoms with Gasteiger partial charge in [-0.3, -0.25) is 43.3 Å². The summed E-state index contributed by atoms with van der Waals surface area (Å²) in [4.78, 5) is 157. The highest BCUT2D eigenvalue weighted by Crippen LogP contribution is 2.45. The summed E-state index contributed by atoms with van der Waals surface area (Å²) in [5, 5.41) is 34.7. The Balaban J connectivity index is 0.651. The predicted molar refractivity (Wildman–Crippen MR) is 550 cm³/mol. The Bertz CT molecular complexity index is 4990. The van der Waals surface area contributed by atoms with E-state index in [-0.39, 0.29) is 107 Å². The van der Waals surface area contributed by atoms with Crippen LogP contribution in [0.1, 0.15) is 156 Å². The normalized spacial score (nSPS) is 15.7. The molecule has 12 atom stereocenters. The number of amides is 11. The number of urea groups is 1. The number of aliphatic hydroxyl groups is 1. The predicted octanol–water partition coefficient (Wildman–Crippen LogP) is 9.37. The molecule has 804 valence electrons. The Hall–Kier alpha value is -10.9. The lowest BCUT2D eigenvalue weighted by Gasteiger charge is -2.41. The van der Waals surface area contributed by atoms with Gasteiger partial charge in [-0.1, -0.05) is 129 Å². The number of methoxy groups -OCH3 is 2. The number of hydrogen-bond acceptors (Lipinski definition) is 27.